The first-order valence-electron chi connectivity index (χ1n) is 8.39. The van der Waals surface area contributed by atoms with E-state index in [9.17, 15) is 9.18 Å². The molecule has 1 unspecified atom stereocenters. The molecule has 0 aliphatic rings. The number of nitrogens with zero attached hydrogens (tertiary/aromatic N) is 1. The van der Waals surface area contributed by atoms with Gasteiger partial charge in [-0.15, -0.1) is 0 Å². The molecule has 1 amide bonds. The summed E-state index contributed by atoms with van der Waals surface area (Å²) in [5, 5.41) is 2.93. The van der Waals surface area contributed by atoms with Gasteiger partial charge in [-0.2, -0.15) is 0 Å². The van der Waals surface area contributed by atoms with Crippen molar-refractivity contribution >= 4 is 5.91 Å². The lowest BCUT2D eigenvalue weighted by atomic mass is 10.0. The summed E-state index contributed by atoms with van der Waals surface area (Å²) in [5.74, 6) is 0.565. The molecule has 3 aromatic rings. The van der Waals surface area contributed by atoms with E-state index >= 15 is 0 Å². The van der Waals surface area contributed by atoms with E-state index < -0.39 is 0 Å². The van der Waals surface area contributed by atoms with Crippen molar-refractivity contribution in [3.8, 4) is 0 Å². The maximum Gasteiger partial charge on any atom is 0.222 e. The van der Waals surface area contributed by atoms with Crippen LogP contribution < -0.4 is 5.32 Å². The number of halogens is 1. The van der Waals surface area contributed by atoms with Gasteiger partial charge in [-0.05, 0) is 48.4 Å². The lowest BCUT2D eigenvalue weighted by Crippen LogP contribution is -2.28. The largest absolute Gasteiger partial charge is 0.469 e. The van der Waals surface area contributed by atoms with Gasteiger partial charge < -0.3 is 14.3 Å². The van der Waals surface area contributed by atoms with E-state index in [4.69, 9.17) is 4.42 Å². The third-order valence-electron chi connectivity index (χ3n) is 4.10. The minimum Gasteiger partial charge on any atom is -0.469 e. The van der Waals surface area contributed by atoms with Gasteiger partial charge in [-0.1, -0.05) is 12.1 Å². The Morgan fingerprint density at radius 1 is 1.16 bits per heavy atom. The Hall–Kier alpha value is -2.82. The normalized spacial score (nSPS) is 12.0. The second kappa shape index (κ2) is 8.33. The zero-order chi connectivity index (χ0) is 17.5. The van der Waals surface area contributed by atoms with Crippen molar-refractivity contribution in [3.63, 3.8) is 0 Å². The van der Waals surface area contributed by atoms with Gasteiger partial charge in [0.1, 0.15) is 11.6 Å². The molecule has 0 saturated heterocycles. The van der Waals surface area contributed by atoms with Crippen LogP contribution in [0.3, 0.4) is 0 Å². The molecular formula is C20H21FN2O2. The fraction of sp³-hybridized carbons (Fsp3) is 0.250. The summed E-state index contributed by atoms with van der Waals surface area (Å²) in [6.45, 7) is 0.584. The second-order valence-electron chi connectivity index (χ2n) is 5.94. The van der Waals surface area contributed by atoms with Crippen molar-refractivity contribution < 1.29 is 13.6 Å². The summed E-state index contributed by atoms with van der Waals surface area (Å²) in [4.78, 5) is 12.3. The van der Waals surface area contributed by atoms with E-state index in [0.29, 0.717) is 6.54 Å². The van der Waals surface area contributed by atoms with E-state index in [1.165, 1.54) is 12.1 Å². The van der Waals surface area contributed by atoms with E-state index in [-0.39, 0.29) is 24.2 Å². The van der Waals surface area contributed by atoms with Crippen LogP contribution in [0, 0.1) is 5.82 Å². The van der Waals surface area contributed by atoms with Crippen LogP contribution in [0.25, 0.3) is 0 Å². The maximum absolute atomic E-state index is 13.6. The van der Waals surface area contributed by atoms with Crippen LogP contribution >= 0.6 is 0 Å². The van der Waals surface area contributed by atoms with Crippen molar-refractivity contribution in [1.29, 1.82) is 0 Å². The van der Waals surface area contributed by atoms with Crippen LogP contribution in [-0.4, -0.2) is 17.0 Å². The molecule has 25 heavy (non-hydrogen) atoms. The molecule has 0 bridgehead atoms. The lowest BCUT2D eigenvalue weighted by molar-refractivity contribution is -0.121. The van der Waals surface area contributed by atoms with Crippen molar-refractivity contribution in [2.75, 3.05) is 6.54 Å². The molecule has 0 saturated carbocycles. The highest BCUT2D eigenvalue weighted by molar-refractivity contribution is 5.76. The zero-order valence-corrected chi connectivity index (χ0v) is 13.9. The van der Waals surface area contributed by atoms with Crippen LogP contribution in [0.1, 0.15) is 30.2 Å². The average molecular weight is 340 g/mol. The Labute approximate surface area is 146 Å². The van der Waals surface area contributed by atoms with E-state index in [1.807, 2.05) is 47.3 Å². The van der Waals surface area contributed by atoms with Crippen molar-refractivity contribution in [3.05, 3.63) is 84.3 Å². The maximum atomic E-state index is 13.6. The third kappa shape index (κ3) is 4.83. The number of benzene rings is 1. The summed E-state index contributed by atoms with van der Waals surface area (Å²) in [6, 6.07) is 13.7. The van der Waals surface area contributed by atoms with Crippen LogP contribution in [0.5, 0.6) is 0 Å². The first-order valence-corrected chi connectivity index (χ1v) is 8.39. The number of carbonyl (C=O) groups excluding carboxylic acids is 1. The molecule has 0 spiro atoms. The predicted molar refractivity (Wildman–Crippen MR) is 93.6 cm³/mol. The van der Waals surface area contributed by atoms with Crippen molar-refractivity contribution in [1.82, 2.24) is 9.88 Å². The van der Waals surface area contributed by atoms with Crippen LogP contribution in [0.15, 0.2) is 71.6 Å². The lowest BCUT2D eigenvalue weighted by Gasteiger charge is -2.19. The van der Waals surface area contributed by atoms with Crippen LogP contribution in [-0.2, 0) is 11.2 Å². The van der Waals surface area contributed by atoms with E-state index in [1.54, 1.807) is 12.3 Å². The molecule has 4 nitrogen and oxygen atoms in total. The highest BCUT2D eigenvalue weighted by atomic mass is 19.1. The molecule has 5 heteroatoms. The summed E-state index contributed by atoms with van der Waals surface area (Å²) in [6.07, 6.45) is 7.29. The molecule has 1 aromatic carbocycles. The SMILES string of the molecule is O=C(CC(c1cccc(F)c1)n1cccc1)NCCCc1ccco1. The van der Waals surface area contributed by atoms with E-state index in [2.05, 4.69) is 5.32 Å². The van der Waals surface area contributed by atoms with Gasteiger partial charge in [0.05, 0.1) is 18.7 Å². The minimum atomic E-state index is -0.298. The molecule has 0 fully saturated rings. The fourth-order valence-corrected chi connectivity index (χ4v) is 2.86. The number of nitrogens with one attached hydrogen (secondary N) is 1. The molecule has 0 radical (unpaired) electrons. The topological polar surface area (TPSA) is 47.2 Å². The smallest absolute Gasteiger partial charge is 0.222 e. The molecule has 1 atom stereocenters. The number of carbonyl (C=O) groups is 1. The van der Waals surface area contributed by atoms with Gasteiger partial charge in [0, 0.05) is 25.4 Å². The Bertz CT molecular complexity index is 782. The zero-order valence-electron chi connectivity index (χ0n) is 13.9. The van der Waals surface area contributed by atoms with Crippen molar-refractivity contribution in [2.45, 2.75) is 25.3 Å². The Balaban J connectivity index is 1.57. The Morgan fingerprint density at radius 2 is 2.00 bits per heavy atom. The summed E-state index contributed by atoms with van der Waals surface area (Å²) < 4.78 is 20.8. The highest BCUT2D eigenvalue weighted by Gasteiger charge is 2.17. The first-order chi connectivity index (χ1) is 12.2. The molecule has 2 heterocycles. The van der Waals surface area contributed by atoms with Gasteiger partial charge in [0.2, 0.25) is 5.91 Å². The molecule has 0 aliphatic heterocycles. The average Bonchev–Trinajstić information content (AvgIpc) is 3.30. The predicted octanol–water partition coefficient (Wildman–Crippen LogP) is 3.95. The molecule has 2 aromatic heterocycles. The molecule has 0 aliphatic carbocycles. The standard InChI is InChI=1S/C20H21FN2O2/c21-17-7-3-6-16(14-17)19(23-11-1-2-12-23)15-20(24)22-10-4-8-18-9-5-13-25-18/h1-3,5-7,9,11-14,19H,4,8,10,15H2,(H,22,24). The summed E-state index contributed by atoms with van der Waals surface area (Å²) in [5.41, 5.74) is 0.780. The minimum absolute atomic E-state index is 0.0533. The third-order valence-corrected chi connectivity index (χ3v) is 4.10. The Kier molecular flexibility index (Phi) is 5.67. The van der Waals surface area contributed by atoms with Crippen LogP contribution in [0.4, 0.5) is 4.39 Å². The van der Waals surface area contributed by atoms with Gasteiger partial charge in [0.25, 0.3) is 0 Å². The highest BCUT2D eigenvalue weighted by Crippen LogP contribution is 2.23. The first kappa shape index (κ1) is 17.0. The molecule has 130 valence electrons. The number of hydrogen-bond acceptors (Lipinski definition) is 2. The summed E-state index contributed by atoms with van der Waals surface area (Å²) in [7, 11) is 0. The monoisotopic (exact) mass is 340 g/mol. The number of hydrogen-bond donors (Lipinski definition) is 1. The quantitative estimate of drug-likeness (QED) is 0.631. The van der Waals surface area contributed by atoms with Gasteiger partial charge in [-0.3, -0.25) is 4.79 Å². The molecule has 3 rings (SSSR count). The van der Waals surface area contributed by atoms with E-state index in [0.717, 1.165) is 24.2 Å². The number of rotatable bonds is 8. The number of furan rings is 1. The second-order valence-corrected chi connectivity index (χ2v) is 5.94. The molecular weight excluding hydrogens is 319 g/mol. The fourth-order valence-electron chi connectivity index (χ4n) is 2.86. The number of aryl methyl sites for hydroxylation is 1. The number of amides is 1. The van der Waals surface area contributed by atoms with Crippen molar-refractivity contribution in [2.24, 2.45) is 0 Å². The summed E-state index contributed by atoms with van der Waals surface area (Å²) >= 11 is 0. The Morgan fingerprint density at radius 3 is 2.72 bits per heavy atom. The van der Waals surface area contributed by atoms with Gasteiger partial charge in [0.15, 0.2) is 0 Å². The van der Waals surface area contributed by atoms with Crippen LogP contribution in [0.2, 0.25) is 0 Å². The number of aromatic nitrogens is 1. The van der Waals surface area contributed by atoms with Gasteiger partial charge in [-0.25, -0.2) is 4.39 Å². The molecule has 1 N–H and O–H groups in total. The van der Waals surface area contributed by atoms with Gasteiger partial charge >= 0.3 is 0 Å².